The Kier molecular flexibility index (Phi) is 5.34. The van der Waals surface area contributed by atoms with E-state index in [0.717, 1.165) is 0 Å². The van der Waals surface area contributed by atoms with E-state index >= 15 is 0 Å². The Hall–Kier alpha value is -2.69. The third-order valence-electron chi connectivity index (χ3n) is 3.32. The van der Waals surface area contributed by atoms with Crippen molar-refractivity contribution in [1.29, 1.82) is 0 Å². The molecule has 1 fully saturated rings. The number of hydrogen-bond acceptors (Lipinski definition) is 6. The summed E-state index contributed by atoms with van der Waals surface area (Å²) in [6.45, 7) is -0.336. The molecule has 24 heavy (non-hydrogen) atoms. The van der Waals surface area contributed by atoms with E-state index in [0.29, 0.717) is 6.42 Å². The van der Waals surface area contributed by atoms with E-state index in [4.69, 9.17) is 0 Å². The van der Waals surface area contributed by atoms with E-state index in [1.54, 1.807) is 0 Å². The van der Waals surface area contributed by atoms with Crippen molar-refractivity contribution in [2.45, 2.75) is 12.5 Å². The molecule has 0 spiro atoms. The molecule has 0 radical (unpaired) electrons. The Morgan fingerprint density at radius 3 is 2.71 bits per heavy atom. The van der Waals surface area contributed by atoms with Crippen LogP contribution in [0.2, 0.25) is 0 Å². The lowest BCUT2D eigenvalue weighted by molar-refractivity contribution is -0.384. The van der Waals surface area contributed by atoms with E-state index in [1.807, 2.05) is 0 Å². The fourth-order valence-corrected chi connectivity index (χ4v) is 3.89. The van der Waals surface area contributed by atoms with Gasteiger partial charge in [0, 0.05) is 23.9 Å². The van der Waals surface area contributed by atoms with E-state index < -0.39 is 32.7 Å². The second kappa shape index (κ2) is 7.25. The number of carbonyl (C=O) groups excluding carboxylic acids is 2. The summed E-state index contributed by atoms with van der Waals surface area (Å²) in [5, 5.41) is 17.8. The molecule has 0 saturated carbocycles. The zero-order valence-corrected chi connectivity index (χ0v) is 13.3. The Labute approximate surface area is 137 Å². The molecular weight excluding hydrogens is 340 g/mol. The largest absolute Gasteiger partial charge is 0.351 e. The van der Waals surface area contributed by atoms with Crippen molar-refractivity contribution in [2.75, 3.05) is 23.4 Å². The molecule has 3 N–H and O–H groups in total. The van der Waals surface area contributed by atoms with Gasteiger partial charge in [0.15, 0.2) is 9.84 Å². The topological polar surface area (TPSA) is 148 Å². The lowest BCUT2D eigenvalue weighted by atomic mass is 10.2. The second-order valence-electron chi connectivity index (χ2n) is 5.28. The maximum absolute atomic E-state index is 11.7. The number of hydrogen-bond donors (Lipinski definition) is 3. The van der Waals surface area contributed by atoms with Crippen LogP contribution in [-0.4, -0.2) is 49.4 Å². The first-order chi connectivity index (χ1) is 11.2. The summed E-state index contributed by atoms with van der Waals surface area (Å²) in [6.07, 6.45) is 0.355. The van der Waals surface area contributed by atoms with Crippen molar-refractivity contribution < 1.29 is 22.9 Å². The van der Waals surface area contributed by atoms with Crippen molar-refractivity contribution >= 4 is 33.2 Å². The van der Waals surface area contributed by atoms with Crippen LogP contribution < -0.4 is 16.0 Å². The fourth-order valence-electron chi connectivity index (χ4n) is 2.22. The van der Waals surface area contributed by atoms with Crippen molar-refractivity contribution in [1.82, 2.24) is 10.6 Å². The Balaban J connectivity index is 1.78. The predicted molar refractivity (Wildman–Crippen MR) is 85.3 cm³/mol. The lowest BCUT2D eigenvalue weighted by Crippen LogP contribution is -2.43. The highest BCUT2D eigenvalue weighted by Gasteiger charge is 2.28. The number of nitro groups is 1. The standard InChI is InChI=1S/C13H16N4O6S/c18-12(15-10-4-5-24(22,23)8-10)7-14-13(19)16-9-2-1-3-11(6-9)17(20)21/h1-3,6,10H,4-5,7-8H2,(H,15,18)(H2,14,16,19). The summed E-state index contributed by atoms with van der Waals surface area (Å²) in [5.74, 6) is -0.566. The lowest BCUT2D eigenvalue weighted by Gasteiger charge is -2.12. The van der Waals surface area contributed by atoms with E-state index in [9.17, 15) is 28.1 Å². The minimum Gasteiger partial charge on any atom is -0.351 e. The minimum atomic E-state index is -3.09. The highest BCUT2D eigenvalue weighted by molar-refractivity contribution is 7.91. The van der Waals surface area contributed by atoms with Gasteiger partial charge in [-0.1, -0.05) is 6.07 Å². The molecule has 1 atom stereocenters. The SMILES string of the molecule is O=C(CNC(=O)Nc1cccc([N+](=O)[O-])c1)NC1CCS(=O)(=O)C1. The molecule has 1 saturated heterocycles. The summed E-state index contributed by atoms with van der Waals surface area (Å²) >= 11 is 0. The molecule has 0 aliphatic carbocycles. The number of sulfone groups is 1. The molecule has 10 nitrogen and oxygen atoms in total. The number of nitro benzene ring substituents is 1. The summed E-state index contributed by atoms with van der Waals surface area (Å²) in [6, 6.07) is 4.21. The summed E-state index contributed by atoms with van der Waals surface area (Å²) in [7, 11) is -3.09. The van der Waals surface area contributed by atoms with Crippen molar-refractivity contribution in [3.8, 4) is 0 Å². The van der Waals surface area contributed by atoms with Crippen LogP contribution in [0.1, 0.15) is 6.42 Å². The molecule has 0 bridgehead atoms. The van der Waals surface area contributed by atoms with Gasteiger partial charge in [0.25, 0.3) is 5.69 Å². The van der Waals surface area contributed by atoms with Gasteiger partial charge in [-0.2, -0.15) is 0 Å². The summed E-state index contributed by atoms with van der Waals surface area (Å²) < 4.78 is 22.6. The molecule has 1 aliphatic rings. The van der Waals surface area contributed by atoms with Crippen molar-refractivity contribution in [2.24, 2.45) is 0 Å². The number of anilines is 1. The Bertz CT molecular complexity index is 763. The van der Waals surface area contributed by atoms with Crippen LogP contribution in [0.25, 0.3) is 0 Å². The van der Waals surface area contributed by atoms with Crippen LogP contribution in [0, 0.1) is 10.1 Å². The van der Waals surface area contributed by atoms with Gasteiger partial charge in [0.2, 0.25) is 5.91 Å². The third-order valence-corrected chi connectivity index (χ3v) is 5.09. The average molecular weight is 356 g/mol. The zero-order valence-electron chi connectivity index (χ0n) is 12.5. The van der Waals surface area contributed by atoms with Gasteiger partial charge in [-0.3, -0.25) is 14.9 Å². The van der Waals surface area contributed by atoms with Crippen LogP contribution in [-0.2, 0) is 14.6 Å². The monoisotopic (exact) mass is 356 g/mol. The quantitative estimate of drug-likeness (QED) is 0.500. The first kappa shape index (κ1) is 17.7. The van der Waals surface area contributed by atoms with E-state index in [2.05, 4.69) is 16.0 Å². The highest BCUT2D eigenvalue weighted by atomic mass is 32.2. The van der Waals surface area contributed by atoms with Gasteiger partial charge in [0.1, 0.15) is 0 Å². The number of benzene rings is 1. The van der Waals surface area contributed by atoms with Crippen LogP contribution in [0.4, 0.5) is 16.2 Å². The molecule has 1 aromatic rings. The van der Waals surface area contributed by atoms with Gasteiger partial charge in [-0.15, -0.1) is 0 Å². The number of urea groups is 1. The molecule has 130 valence electrons. The first-order valence-electron chi connectivity index (χ1n) is 7.04. The van der Waals surface area contributed by atoms with Gasteiger partial charge in [-0.25, -0.2) is 13.2 Å². The molecule has 3 amide bonds. The van der Waals surface area contributed by atoms with Gasteiger partial charge in [-0.05, 0) is 12.5 Å². The highest BCUT2D eigenvalue weighted by Crippen LogP contribution is 2.16. The number of non-ortho nitro benzene ring substituents is 1. The summed E-state index contributed by atoms with van der Waals surface area (Å²) in [5.41, 5.74) is 0.0389. The maximum atomic E-state index is 11.7. The van der Waals surface area contributed by atoms with Crippen LogP contribution in [0.3, 0.4) is 0 Å². The average Bonchev–Trinajstić information content (AvgIpc) is 2.84. The molecule has 1 unspecified atom stereocenters. The smallest absolute Gasteiger partial charge is 0.319 e. The number of carbonyl (C=O) groups is 2. The fraction of sp³-hybridized carbons (Fsp3) is 0.385. The molecule has 1 aromatic carbocycles. The van der Waals surface area contributed by atoms with E-state index in [1.165, 1.54) is 24.3 Å². The zero-order chi connectivity index (χ0) is 17.7. The maximum Gasteiger partial charge on any atom is 0.319 e. The van der Waals surface area contributed by atoms with E-state index in [-0.39, 0.29) is 29.4 Å². The van der Waals surface area contributed by atoms with Crippen LogP contribution in [0.5, 0.6) is 0 Å². The number of amides is 3. The third kappa shape index (κ3) is 5.19. The summed E-state index contributed by atoms with van der Waals surface area (Å²) in [4.78, 5) is 33.4. The molecular formula is C13H16N4O6S. The molecule has 2 rings (SSSR count). The molecule has 1 aliphatic heterocycles. The van der Waals surface area contributed by atoms with Gasteiger partial charge >= 0.3 is 6.03 Å². The normalized spacial score (nSPS) is 18.6. The first-order valence-corrected chi connectivity index (χ1v) is 8.86. The number of nitrogens with zero attached hydrogens (tertiary/aromatic N) is 1. The van der Waals surface area contributed by atoms with Crippen molar-refractivity contribution in [3.63, 3.8) is 0 Å². The Morgan fingerprint density at radius 2 is 2.08 bits per heavy atom. The molecule has 1 heterocycles. The van der Waals surface area contributed by atoms with Gasteiger partial charge < -0.3 is 16.0 Å². The number of nitrogens with one attached hydrogen (secondary N) is 3. The molecule has 11 heteroatoms. The Morgan fingerprint density at radius 1 is 1.33 bits per heavy atom. The number of rotatable bonds is 5. The predicted octanol–water partition coefficient (Wildman–Crippen LogP) is 0.0196. The van der Waals surface area contributed by atoms with Gasteiger partial charge in [0.05, 0.1) is 23.0 Å². The van der Waals surface area contributed by atoms with Crippen LogP contribution >= 0.6 is 0 Å². The second-order valence-corrected chi connectivity index (χ2v) is 7.51. The van der Waals surface area contributed by atoms with Crippen LogP contribution in [0.15, 0.2) is 24.3 Å². The van der Waals surface area contributed by atoms with Crippen molar-refractivity contribution in [3.05, 3.63) is 34.4 Å². The minimum absolute atomic E-state index is 0.0403. The molecule has 0 aromatic heterocycles.